The van der Waals surface area contributed by atoms with E-state index in [-0.39, 0.29) is 5.91 Å². The highest BCUT2D eigenvalue weighted by Crippen LogP contribution is 2.22. The number of nitrogen functional groups attached to an aromatic ring is 1. The number of carbonyl (C=O) groups excluding carboxylic acids is 1. The van der Waals surface area contributed by atoms with Crippen LogP contribution in [0.4, 0.5) is 5.69 Å². The van der Waals surface area contributed by atoms with Crippen LogP contribution in [-0.4, -0.2) is 24.0 Å². The quantitative estimate of drug-likeness (QED) is 0.839. The van der Waals surface area contributed by atoms with Gasteiger partial charge in [-0.1, -0.05) is 11.6 Å². The van der Waals surface area contributed by atoms with E-state index in [0.717, 1.165) is 6.54 Å². The fourth-order valence-electron chi connectivity index (χ4n) is 2.02. The molecule has 1 heterocycles. The zero-order valence-corrected chi connectivity index (χ0v) is 11.7. The SMILES string of the molecule is Nc1cc(Cl)ccc1C(=O)NCC1CCSCC1. The van der Waals surface area contributed by atoms with E-state index >= 15 is 0 Å². The fraction of sp³-hybridized carbons (Fsp3) is 0.462. The molecule has 18 heavy (non-hydrogen) atoms. The zero-order chi connectivity index (χ0) is 13.0. The van der Waals surface area contributed by atoms with Crippen molar-refractivity contribution in [2.45, 2.75) is 12.8 Å². The van der Waals surface area contributed by atoms with Gasteiger partial charge in [0.2, 0.25) is 0 Å². The van der Waals surface area contributed by atoms with Gasteiger partial charge in [0.15, 0.2) is 0 Å². The van der Waals surface area contributed by atoms with Crippen molar-refractivity contribution in [3.63, 3.8) is 0 Å². The normalized spacial score (nSPS) is 16.5. The summed E-state index contributed by atoms with van der Waals surface area (Å²) in [6.45, 7) is 0.738. The molecule has 1 aromatic carbocycles. The number of hydrogen-bond donors (Lipinski definition) is 2. The van der Waals surface area contributed by atoms with Gasteiger partial charge in [-0.25, -0.2) is 0 Å². The van der Waals surface area contributed by atoms with Crippen molar-refractivity contribution in [3.05, 3.63) is 28.8 Å². The highest BCUT2D eigenvalue weighted by molar-refractivity contribution is 7.99. The first kappa shape index (κ1) is 13.6. The van der Waals surface area contributed by atoms with Gasteiger partial charge < -0.3 is 11.1 Å². The predicted octanol–water partition coefficient (Wildman–Crippen LogP) is 2.80. The summed E-state index contributed by atoms with van der Waals surface area (Å²) in [5, 5.41) is 3.51. The second-order valence-electron chi connectivity index (χ2n) is 4.50. The summed E-state index contributed by atoms with van der Waals surface area (Å²) >= 11 is 7.79. The monoisotopic (exact) mass is 284 g/mol. The maximum Gasteiger partial charge on any atom is 0.253 e. The van der Waals surface area contributed by atoms with Gasteiger partial charge in [0.25, 0.3) is 5.91 Å². The van der Waals surface area contributed by atoms with Crippen LogP contribution in [-0.2, 0) is 0 Å². The second-order valence-corrected chi connectivity index (χ2v) is 6.16. The summed E-state index contributed by atoms with van der Waals surface area (Å²) in [6.07, 6.45) is 2.36. The first-order valence-corrected chi connectivity index (χ1v) is 7.61. The minimum Gasteiger partial charge on any atom is -0.398 e. The van der Waals surface area contributed by atoms with Gasteiger partial charge in [-0.2, -0.15) is 11.8 Å². The van der Waals surface area contributed by atoms with Crippen molar-refractivity contribution in [3.8, 4) is 0 Å². The molecule has 1 aliphatic heterocycles. The Morgan fingerprint density at radius 2 is 2.17 bits per heavy atom. The number of nitrogens with two attached hydrogens (primary N) is 1. The van der Waals surface area contributed by atoms with Crippen LogP contribution in [0.25, 0.3) is 0 Å². The van der Waals surface area contributed by atoms with Crippen LogP contribution >= 0.6 is 23.4 Å². The molecule has 3 nitrogen and oxygen atoms in total. The Labute approximate surface area is 116 Å². The number of halogens is 1. The van der Waals surface area contributed by atoms with Crippen molar-refractivity contribution in [2.75, 3.05) is 23.8 Å². The number of rotatable bonds is 3. The van der Waals surface area contributed by atoms with E-state index in [0.29, 0.717) is 22.2 Å². The molecule has 2 rings (SSSR count). The Balaban J connectivity index is 1.90. The summed E-state index contributed by atoms with van der Waals surface area (Å²) < 4.78 is 0. The number of carbonyl (C=O) groups is 1. The molecule has 0 saturated carbocycles. The molecule has 1 saturated heterocycles. The molecule has 0 atom stereocenters. The van der Waals surface area contributed by atoms with E-state index in [1.165, 1.54) is 24.3 Å². The number of benzene rings is 1. The lowest BCUT2D eigenvalue weighted by molar-refractivity contribution is 0.0947. The number of hydrogen-bond acceptors (Lipinski definition) is 3. The van der Waals surface area contributed by atoms with Crippen LogP contribution in [0.1, 0.15) is 23.2 Å². The summed E-state index contributed by atoms with van der Waals surface area (Å²) in [7, 11) is 0. The smallest absolute Gasteiger partial charge is 0.253 e. The lowest BCUT2D eigenvalue weighted by Gasteiger charge is -2.21. The maximum absolute atomic E-state index is 12.0. The topological polar surface area (TPSA) is 55.1 Å². The van der Waals surface area contributed by atoms with Gasteiger partial charge >= 0.3 is 0 Å². The molecule has 1 amide bonds. The van der Waals surface area contributed by atoms with Crippen LogP contribution in [0.3, 0.4) is 0 Å². The van der Waals surface area contributed by atoms with Crippen molar-refractivity contribution < 1.29 is 4.79 Å². The highest BCUT2D eigenvalue weighted by Gasteiger charge is 2.16. The minimum atomic E-state index is -0.109. The summed E-state index contributed by atoms with van der Waals surface area (Å²) in [4.78, 5) is 12.0. The first-order valence-electron chi connectivity index (χ1n) is 6.08. The molecule has 0 aromatic heterocycles. The number of nitrogens with one attached hydrogen (secondary N) is 1. The third-order valence-electron chi connectivity index (χ3n) is 3.15. The Morgan fingerprint density at radius 3 is 2.83 bits per heavy atom. The van der Waals surface area contributed by atoms with E-state index in [2.05, 4.69) is 5.32 Å². The molecule has 0 aliphatic carbocycles. The molecule has 0 bridgehead atoms. The molecular weight excluding hydrogens is 268 g/mol. The average molecular weight is 285 g/mol. The Kier molecular flexibility index (Phi) is 4.78. The van der Waals surface area contributed by atoms with Crippen LogP contribution < -0.4 is 11.1 Å². The summed E-state index contributed by atoms with van der Waals surface area (Å²) in [6, 6.07) is 4.96. The molecular formula is C13H17ClN2OS. The van der Waals surface area contributed by atoms with Gasteiger partial charge in [-0.15, -0.1) is 0 Å². The molecule has 1 aliphatic rings. The molecule has 1 aromatic rings. The van der Waals surface area contributed by atoms with E-state index in [1.807, 2.05) is 11.8 Å². The summed E-state index contributed by atoms with van der Waals surface area (Å²) in [5.41, 5.74) is 6.72. The average Bonchev–Trinajstić information content (AvgIpc) is 2.37. The Bertz CT molecular complexity index is 433. The van der Waals surface area contributed by atoms with Crippen LogP contribution in [0, 0.1) is 5.92 Å². The van der Waals surface area contributed by atoms with Gasteiger partial charge in [0.05, 0.1) is 5.56 Å². The van der Waals surface area contributed by atoms with E-state index in [9.17, 15) is 4.79 Å². The first-order chi connectivity index (χ1) is 8.66. The van der Waals surface area contributed by atoms with Gasteiger partial charge in [0.1, 0.15) is 0 Å². The van der Waals surface area contributed by atoms with Crippen LogP contribution in [0.15, 0.2) is 18.2 Å². The van der Waals surface area contributed by atoms with E-state index < -0.39 is 0 Å². The Hall–Kier alpha value is -0.870. The summed E-state index contributed by atoms with van der Waals surface area (Å²) in [5.74, 6) is 2.89. The molecule has 98 valence electrons. The van der Waals surface area contributed by atoms with E-state index in [1.54, 1.807) is 18.2 Å². The van der Waals surface area contributed by atoms with Gasteiger partial charge in [0, 0.05) is 17.3 Å². The Morgan fingerprint density at radius 1 is 1.44 bits per heavy atom. The van der Waals surface area contributed by atoms with E-state index in [4.69, 9.17) is 17.3 Å². The number of amides is 1. The molecule has 3 N–H and O–H groups in total. The molecule has 5 heteroatoms. The van der Waals surface area contributed by atoms with Crippen molar-refractivity contribution in [2.24, 2.45) is 5.92 Å². The molecule has 1 fully saturated rings. The predicted molar refractivity (Wildman–Crippen MR) is 78.2 cm³/mol. The van der Waals surface area contributed by atoms with Crippen LogP contribution in [0.2, 0.25) is 5.02 Å². The molecule has 0 radical (unpaired) electrons. The third-order valence-corrected chi connectivity index (χ3v) is 4.43. The molecule has 0 spiro atoms. The minimum absolute atomic E-state index is 0.109. The molecule has 0 unspecified atom stereocenters. The standard InChI is InChI=1S/C13H17ClN2OS/c14-10-1-2-11(12(15)7-10)13(17)16-8-9-3-5-18-6-4-9/h1-2,7,9H,3-6,8,15H2,(H,16,17). The van der Waals surface area contributed by atoms with Gasteiger partial charge in [-0.05, 0) is 48.5 Å². The second kappa shape index (κ2) is 6.34. The largest absolute Gasteiger partial charge is 0.398 e. The third kappa shape index (κ3) is 3.56. The van der Waals surface area contributed by atoms with Crippen molar-refractivity contribution in [1.82, 2.24) is 5.32 Å². The number of anilines is 1. The van der Waals surface area contributed by atoms with Crippen molar-refractivity contribution in [1.29, 1.82) is 0 Å². The lowest BCUT2D eigenvalue weighted by atomic mass is 10.0. The lowest BCUT2D eigenvalue weighted by Crippen LogP contribution is -2.31. The number of thioether (sulfide) groups is 1. The maximum atomic E-state index is 12.0. The van der Waals surface area contributed by atoms with Crippen molar-refractivity contribution >= 4 is 35.0 Å². The fourth-order valence-corrected chi connectivity index (χ4v) is 3.41. The zero-order valence-electron chi connectivity index (χ0n) is 10.1. The van der Waals surface area contributed by atoms with Gasteiger partial charge in [-0.3, -0.25) is 4.79 Å². The highest BCUT2D eigenvalue weighted by atomic mass is 35.5. The van der Waals surface area contributed by atoms with Crippen LogP contribution in [0.5, 0.6) is 0 Å².